The minimum absolute atomic E-state index is 0.115. The summed E-state index contributed by atoms with van der Waals surface area (Å²) in [6.45, 7) is 8.67. The van der Waals surface area contributed by atoms with Crippen LogP contribution in [0.1, 0.15) is 68.9 Å². The molecule has 0 spiro atoms. The molecule has 5 nitrogen and oxygen atoms in total. The fourth-order valence-electron chi connectivity index (χ4n) is 2.06. The molecule has 0 unspecified atom stereocenters. The lowest BCUT2D eigenvalue weighted by Gasteiger charge is -2.26. The van der Waals surface area contributed by atoms with Crippen LogP contribution in [0.3, 0.4) is 0 Å². The van der Waals surface area contributed by atoms with Gasteiger partial charge in [0, 0.05) is 17.8 Å². The zero-order valence-electron chi connectivity index (χ0n) is 13.9. The average molecular weight is 326 g/mol. The number of nitrogens with zero attached hydrogens (tertiary/aromatic N) is 2. The zero-order valence-corrected chi connectivity index (χ0v) is 14.7. The maximum atomic E-state index is 12.3. The molecule has 1 heterocycles. The average Bonchev–Trinajstić information content (AvgIpc) is 2.93. The Balaban J connectivity index is 2.67. The minimum atomic E-state index is -0.407. The Morgan fingerprint density at radius 1 is 1.32 bits per heavy atom. The number of rotatable bonds is 9. The molecule has 0 radical (unpaired) electrons. The monoisotopic (exact) mass is 326 g/mol. The third-order valence-electron chi connectivity index (χ3n) is 3.28. The third kappa shape index (κ3) is 5.75. The first-order valence-corrected chi connectivity index (χ1v) is 8.78. The van der Waals surface area contributed by atoms with Crippen molar-refractivity contribution in [2.45, 2.75) is 66.0 Å². The third-order valence-corrected chi connectivity index (χ3v) is 4.11. The largest absolute Gasteiger partial charge is 0.461 e. The van der Waals surface area contributed by atoms with Crippen LogP contribution in [0.4, 0.5) is 0 Å². The number of carbonyl (C=O) groups is 2. The Morgan fingerprint density at radius 3 is 2.64 bits per heavy atom. The molecule has 0 saturated heterocycles. The predicted octanol–water partition coefficient (Wildman–Crippen LogP) is 3.64. The Kier molecular flexibility index (Phi) is 8.09. The summed E-state index contributed by atoms with van der Waals surface area (Å²) in [6, 6.07) is 0.115. The van der Waals surface area contributed by atoms with Crippen molar-refractivity contribution in [2.24, 2.45) is 0 Å². The minimum Gasteiger partial charge on any atom is -0.461 e. The predicted molar refractivity (Wildman–Crippen MR) is 87.9 cm³/mol. The second kappa shape index (κ2) is 9.56. The molecule has 1 rings (SSSR count). The van der Waals surface area contributed by atoms with Crippen LogP contribution in [-0.4, -0.2) is 34.4 Å². The van der Waals surface area contributed by atoms with Crippen molar-refractivity contribution >= 4 is 23.2 Å². The highest BCUT2D eigenvalue weighted by Crippen LogP contribution is 2.16. The normalized spacial score (nSPS) is 10.8. The van der Waals surface area contributed by atoms with Crippen LogP contribution in [0.25, 0.3) is 0 Å². The van der Waals surface area contributed by atoms with E-state index < -0.39 is 5.97 Å². The van der Waals surface area contributed by atoms with Crippen LogP contribution in [0.2, 0.25) is 0 Å². The van der Waals surface area contributed by atoms with Crippen molar-refractivity contribution < 1.29 is 14.3 Å². The van der Waals surface area contributed by atoms with E-state index in [2.05, 4.69) is 11.9 Å². The topological polar surface area (TPSA) is 59.5 Å². The lowest BCUT2D eigenvalue weighted by atomic mass is 10.1. The van der Waals surface area contributed by atoms with Gasteiger partial charge in [-0.05, 0) is 27.2 Å². The molecular formula is C16H26N2O3S. The van der Waals surface area contributed by atoms with Gasteiger partial charge in [-0.2, -0.15) is 0 Å². The van der Waals surface area contributed by atoms with Gasteiger partial charge in [0.15, 0.2) is 5.69 Å². The molecule has 0 aromatic carbocycles. The summed E-state index contributed by atoms with van der Waals surface area (Å²) in [5.74, 6) is -0.258. The first-order chi connectivity index (χ1) is 10.5. The van der Waals surface area contributed by atoms with Crippen molar-refractivity contribution in [3.63, 3.8) is 0 Å². The summed E-state index contributed by atoms with van der Waals surface area (Å²) in [5, 5.41) is 2.45. The number of hydrogen-bond acceptors (Lipinski definition) is 5. The second-order valence-corrected chi connectivity index (χ2v) is 6.36. The number of ether oxygens (including phenoxy) is 1. The van der Waals surface area contributed by atoms with Crippen LogP contribution in [0.5, 0.6) is 0 Å². The van der Waals surface area contributed by atoms with Crippen molar-refractivity contribution in [3.05, 3.63) is 16.1 Å². The van der Waals surface area contributed by atoms with E-state index in [1.807, 2.05) is 18.7 Å². The Morgan fingerprint density at radius 2 is 2.05 bits per heavy atom. The zero-order chi connectivity index (χ0) is 16.5. The molecular weight excluding hydrogens is 300 g/mol. The highest BCUT2D eigenvalue weighted by molar-refractivity contribution is 7.09. The van der Waals surface area contributed by atoms with Gasteiger partial charge in [-0.1, -0.05) is 19.8 Å². The van der Waals surface area contributed by atoms with E-state index in [0.29, 0.717) is 25.3 Å². The Hall–Kier alpha value is -1.43. The number of thiazole rings is 1. The fraction of sp³-hybridized carbons (Fsp3) is 0.688. The SMILES string of the molecule is CCCCCC(=O)N(Cc1nc(C(=O)OCC)cs1)C(C)C. The first kappa shape index (κ1) is 18.6. The maximum Gasteiger partial charge on any atom is 0.357 e. The summed E-state index contributed by atoms with van der Waals surface area (Å²) in [7, 11) is 0. The molecule has 0 bridgehead atoms. The van der Waals surface area contributed by atoms with Gasteiger partial charge in [0.05, 0.1) is 13.2 Å². The van der Waals surface area contributed by atoms with E-state index in [0.717, 1.165) is 24.3 Å². The van der Waals surface area contributed by atoms with E-state index in [-0.39, 0.29) is 11.9 Å². The number of hydrogen-bond donors (Lipinski definition) is 0. The van der Waals surface area contributed by atoms with Gasteiger partial charge >= 0.3 is 5.97 Å². The molecule has 124 valence electrons. The fourth-order valence-corrected chi connectivity index (χ4v) is 2.82. The second-order valence-electron chi connectivity index (χ2n) is 5.42. The van der Waals surface area contributed by atoms with E-state index in [1.165, 1.54) is 11.3 Å². The number of unbranched alkanes of at least 4 members (excludes halogenated alkanes) is 2. The quantitative estimate of drug-likeness (QED) is 0.513. The number of aromatic nitrogens is 1. The van der Waals surface area contributed by atoms with Crippen molar-refractivity contribution in [3.8, 4) is 0 Å². The molecule has 0 saturated carbocycles. The molecule has 22 heavy (non-hydrogen) atoms. The molecule has 0 atom stereocenters. The summed E-state index contributed by atoms with van der Waals surface area (Å²) in [4.78, 5) is 30.0. The molecule has 0 aliphatic carbocycles. The molecule has 1 aromatic heterocycles. The molecule has 0 fully saturated rings. The standard InChI is InChI=1S/C16H26N2O3S/c1-5-7-8-9-15(19)18(12(3)4)10-14-17-13(11-22-14)16(20)21-6-2/h11-12H,5-10H2,1-4H3. The summed E-state index contributed by atoms with van der Waals surface area (Å²) in [5.41, 5.74) is 0.323. The first-order valence-electron chi connectivity index (χ1n) is 7.90. The van der Waals surface area contributed by atoms with Gasteiger partial charge in [-0.25, -0.2) is 9.78 Å². The number of esters is 1. The molecule has 1 aromatic rings. The van der Waals surface area contributed by atoms with Crippen LogP contribution >= 0.6 is 11.3 Å². The Labute approximate surface area is 136 Å². The van der Waals surface area contributed by atoms with E-state index in [1.54, 1.807) is 12.3 Å². The molecule has 0 aliphatic rings. The highest BCUT2D eigenvalue weighted by Gasteiger charge is 2.19. The van der Waals surface area contributed by atoms with Crippen LogP contribution in [-0.2, 0) is 16.1 Å². The van der Waals surface area contributed by atoms with Gasteiger partial charge < -0.3 is 9.64 Å². The number of amides is 1. The molecule has 0 N–H and O–H groups in total. The lowest BCUT2D eigenvalue weighted by molar-refractivity contribution is -0.133. The smallest absolute Gasteiger partial charge is 0.357 e. The van der Waals surface area contributed by atoms with Gasteiger partial charge in [-0.15, -0.1) is 11.3 Å². The van der Waals surface area contributed by atoms with E-state index >= 15 is 0 Å². The summed E-state index contributed by atoms with van der Waals surface area (Å²) < 4.78 is 4.93. The van der Waals surface area contributed by atoms with E-state index in [9.17, 15) is 9.59 Å². The van der Waals surface area contributed by atoms with Crippen molar-refractivity contribution in [2.75, 3.05) is 6.61 Å². The van der Waals surface area contributed by atoms with Gasteiger partial charge in [0.1, 0.15) is 5.01 Å². The van der Waals surface area contributed by atoms with Gasteiger partial charge in [0.25, 0.3) is 0 Å². The summed E-state index contributed by atoms with van der Waals surface area (Å²) >= 11 is 1.39. The Bertz CT molecular complexity index is 485. The molecule has 1 amide bonds. The van der Waals surface area contributed by atoms with Crippen molar-refractivity contribution in [1.82, 2.24) is 9.88 Å². The van der Waals surface area contributed by atoms with Crippen LogP contribution in [0.15, 0.2) is 5.38 Å². The van der Waals surface area contributed by atoms with Gasteiger partial charge in [-0.3, -0.25) is 4.79 Å². The highest BCUT2D eigenvalue weighted by atomic mass is 32.1. The lowest BCUT2D eigenvalue weighted by Crippen LogP contribution is -2.36. The van der Waals surface area contributed by atoms with Gasteiger partial charge in [0.2, 0.25) is 5.91 Å². The van der Waals surface area contributed by atoms with E-state index in [4.69, 9.17) is 4.74 Å². The van der Waals surface area contributed by atoms with Crippen LogP contribution in [0, 0.1) is 0 Å². The molecule has 6 heteroatoms. The number of carbonyl (C=O) groups excluding carboxylic acids is 2. The summed E-state index contributed by atoms with van der Waals surface area (Å²) in [6.07, 6.45) is 3.67. The maximum absolute atomic E-state index is 12.3. The van der Waals surface area contributed by atoms with Crippen molar-refractivity contribution in [1.29, 1.82) is 0 Å². The van der Waals surface area contributed by atoms with Crippen LogP contribution < -0.4 is 0 Å². The molecule has 0 aliphatic heterocycles.